The molecule has 1 N–H and O–H groups in total. The van der Waals surface area contributed by atoms with Gasteiger partial charge in [0.05, 0.1) is 19.3 Å². The number of aromatic nitrogens is 2. The maximum absolute atomic E-state index is 11.4. The zero-order valence-electron chi connectivity index (χ0n) is 13.0. The highest BCUT2D eigenvalue weighted by molar-refractivity contribution is 5.72. The Bertz CT molecular complexity index is 519. The van der Waals surface area contributed by atoms with Gasteiger partial charge >= 0.3 is 5.97 Å². The van der Waals surface area contributed by atoms with Crippen molar-refractivity contribution >= 4 is 11.9 Å². The van der Waals surface area contributed by atoms with E-state index in [2.05, 4.69) is 23.8 Å². The van der Waals surface area contributed by atoms with Gasteiger partial charge in [-0.05, 0) is 25.8 Å². The molecule has 0 amide bonds. The number of hydrogen-bond donors (Lipinski definition) is 1. The Hall–Kier alpha value is -1.69. The number of likely N-dealkylation sites (N-methyl/N-ethyl adjacent to an activating group) is 1. The number of nitrogens with zero attached hydrogens (tertiary/aromatic N) is 3. The first kappa shape index (κ1) is 15.7. The second kappa shape index (κ2) is 6.39. The normalized spacial score (nSPS) is 21.8. The van der Waals surface area contributed by atoms with Gasteiger partial charge in [0.15, 0.2) is 0 Å². The lowest BCUT2D eigenvalue weighted by Crippen LogP contribution is -2.44. The summed E-state index contributed by atoms with van der Waals surface area (Å²) >= 11 is 0. The molecule has 2 heterocycles. The van der Waals surface area contributed by atoms with E-state index in [0.717, 1.165) is 11.4 Å². The molecule has 0 saturated carbocycles. The molecule has 1 aliphatic heterocycles. The maximum Gasteiger partial charge on any atom is 0.311 e. The van der Waals surface area contributed by atoms with Crippen molar-refractivity contribution in [2.45, 2.75) is 39.7 Å². The molecule has 0 spiro atoms. The summed E-state index contributed by atoms with van der Waals surface area (Å²) in [5.41, 5.74) is 1.87. The number of anilines is 1. The molecule has 1 aromatic heterocycles. The van der Waals surface area contributed by atoms with Crippen LogP contribution < -0.4 is 4.90 Å². The van der Waals surface area contributed by atoms with Crippen molar-refractivity contribution in [3.05, 3.63) is 17.5 Å². The van der Waals surface area contributed by atoms with E-state index < -0.39 is 11.9 Å². The molecule has 6 heteroatoms. The molecule has 0 radical (unpaired) electrons. The van der Waals surface area contributed by atoms with Gasteiger partial charge in [0.1, 0.15) is 5.92 Å². The fraction of sp³-hybridized carbons (Fsp3) is 0.667. The van der Waals surface area contributed by atoms with Gasteiger partial charge in [0.2, 0.25) is 5.95 Å². The molecule has 1 fully saturated rings. The van der Waals surface area contributed by atoms with Crippen LogP contribution in [0.4, 0.5) is 5.95 Å². The quantitative estimate of drug-likeness (QED) is 0.892. The van der Waals surface area contributed by atoms with Crippen molar-refractivity contribution < 1.29 is 14.6 Å². The van der Waals surface area contributed by atoms with Crippen LogP contribution in [0.5, 0.6) is 0 Å². The Balaban J connectivity index is 2.35. The smallest absolute Gasteiger partial charge is 0.311 e. The van der Waals surface area contributed by atoms with Crippen molar-refractivity contribution in [1.82, 2.24) is 9.97 Å². The number of hydrogen-bond acceptors (Lipinski definition) is 5. The highest BCUT2D eigenvalue weighted by atomic mass is 16.5. The second-order valence-electron chi connectivity index (χ2n) is 5.72. The average molecular weight is 293 g/mol. The number of aryl methyl sites for hydroxylation is 1. The molecule has 2 unspecified atom stereocenters. The lowest BCUT2D eigenvalue weighted by atomic mass is 10.0. The summed E-state index contributed by atoms with van der Waals surface area (Å²) in [5, 5.41) is 9.32. The number of ether oxygens (including phenoxy) is 1. The van der Waals surface area contributed by atoms with Gasteiger partial charge in [0.25, 0.3) is 0 Å². The highest BCUT2D eigenvalue weighted by Crippen LogP contribution is 2.25. The minimum Gasteiger partial charge on any atom is -0.481 e. The second-order valence-corrected chi connectivity index (χ2v) is 5.72. The summed E-state index contributed by atoms with van der Waals surface area (Å²) in [6, 6.07) is 1.76. The Morgan fingerprint density at radius 1 is 1.48 bits per heavy atom. The fourth-order valence-electron chi connectivity index (χ4n) is 2.61. The molecular weight excluding hydrogens is 270 g/mol. The molecule has 0 aliphatic carbocycles. The molecule has 116 valence electrons. The van der Waals surface area contributed by atoms with E-state index in [4.69, 9.17) is 4.74 Å². The SMILES string of the molecule is CCN(c1nc(C)cc(C(C)C)n1)C1COCC1C(=O)O. The van der Waals surface area contributed by atoms with Crippen molar-refractivity contribution in [3.8, 4) is 0 Å². The van der Waals surface area contributed by atoms with Crippen LogP contribution in [0.3, 0.4) is 0 Å². The summed E-state index contributed by atoms with van der Waals surface area (Å²) in [5.74, 6) is -0.452. The fourth-order valence-corrected chi connectivity index (χ4v) is 2.61. The zero-order valence-corrected chi connectivity index (χ0v) is 13.0. The van der Waals surface area contributed by atoms with Crippen LogP contribution in [0.2, 0.25) is 0 Å². The molecule has 0 bridgehead atoms. The Morgan fingerprint density at radius 2 is 2.19 bits per heavy atom. The van der Waals surface area contributed by atoms with E-state index >= 15 is 0 Å². The number of carbonyl (C=O) groups is 1. The van der Waals surface area contributed by atoms with Crippen LogP contribution in [-0.2, 0) is 9.53 Å². The van der Waals surface area contributed by atoms with Crippen LogP contribution >= 0.6 is 0 Å². The van der Waals surface area contributed by atoms with Crippen LogP contribution in [0.1, 0.15) is 38.1 Å². The molecule has 6 nitrogen and oxygen atoms in total. The van der Waals surface area contributed by atoms with E-state index in [9.17, 15) is 9.90 Å². The lowest BCUT2D eigenvalue weighted by Gasteiger charge is -2.30. The molecule has 2 atom stereocenters. The third-order valence-electron chi connectivity index (χ3n) is 3.82. The third-order valence-corrected chi connectivity index (χ3v) is 3.82. The van der Waals surface area contributed by atoms with Crippen LogP contribution in [-0.4, -0.2) is 46.8 Å². The highest BCUT2D eigenvalue weighted by Gasteiger charge is 2.38. The zero-order chi connectivity index (χ0) is 15.6. The predicted molar refractivity (Wildman–Crippen MR) is 79.6 cm³/mol. The number of carboxylic acid groups (broad SMARTS) is 1. The Labute approximate surface area is 125 Å². The molecule has 1 aliphatic rings. The van der Waals surface area contributed by atoms with Crippen LogP contribution in [0, 0.1) is 12.8 Å². The molecule has 2 rings (SSSR count). The van der Waals surface area contributed by atoms with E-state index in [1.165, 1.54) is 0 Å². The van der Waals surface area contributed by atoms with Gasteiger partial charge in [-0.1, -0.05) is 13.8 Å². The summed E-state index contributed by atoms with van der Waals surface area (Å²) in [4.78, 5) is 22.4. The van der Waals surface area contributed by atoms with Crippen molar-refractivity contribution in [1.29, 1.82) is 0 Å². The number of rotatable bonds is 5. The van der Waals surface area contributed by atoms with Crippen molar-refractivity contribution in [2.75, 3.05) is 24.7 Å². The van der Waals surface area contributed by atoms with Crippen LogP contribution in [0.25, 0.3) is 0 Å². The lowest BCUT2D eigenvalue weighted by molar-refractivity contribution is -0.141. The van der Waals surface area contributed by atoms with E-state index in [-0.39, 0.29) is 12.6 Å². The van der Waals surface area contributed by atoms with Gasteiger partial charge in [0, 0.05) is 17.9 Å². The third kappa shape index (κ3) is 3.32. The minimum absolute atomic E-state index is 0.214. The maximum atomic E-state index is 11.4. The Morgan fingerprint density at radius 3 is 2.76 bits per heavy atom. The average Bonchev–Trinajstić information content (AvgIpc) is 2.88. The van der Waals surface area contributed by atoms with Gasteiger partial charge in [-0.15, -0.1) is 0 Å². The van der Waals surface area contributed by atoms with Crippen molar-refractivity contribution in [2.24, 2.45) is 5.92 Å². The first-order valence-electron chi connectivity index (χ1n) is 7.36. The molecule has 1 aromatic rings. The van der Waals surface area contributed by atoms with E-state index in [0.29, 0.717) is 25.0 Å². The monoisotopic (exact) mass is 293 g/mol. The van der Waals surface area contributed by atoms with Gasteiger partial charge < -0.3 is 14.7 Å². The van der Waals surface area contributed by atoms with Crippen LogP contribution in [0.15, 0.2) is 6.07 Å². The van der Waals surface area contributed by atoms with Crippen molar-refractivity contribution in [3.63, 3.8) is 0 Å². The topological polar surface area (TPSA) is 75.5 Å². The molecule has 0 aromatic carbocycles. The molecular formula is C15H23N3O3. The van der Waals surface area contributed by atoms with Gasteiger partial charge in [-0.2, -0.15) is 0 Å². The first-order valence-corrected chi connectivity index (χ1v) is 7.36. The van der Waals surface area contributed by atoms with E-state index in [1.807, 2.05) is 24.8 Å². The summed E-state index contributed by atoms with van der Waals surface area (Å²) < 4.78 is 5.37. The first-order chi connectivity index (χ1) is 9.93. The molecule has 1 saturated heterocycles. The standard InChI is InChI=1S/C15H23N3O3/c1-5-18(13-8-21-7-11(13)14(19)20)15-16-10(4)6-12(17-15)9(2)3/h6,9,11,13H,5,7-8H2,1-4H3,(H,19,20). The summed E-state index contributed by atoms with van der Waals surface area (Å²) in [6.45, 7) is 9.39. The summed E-state index contributed by atoms with van der Waals surface area (Å²) in [7, 11) is 0. The van der Waals surface area contributed by atoms with E-state index in [1.54, 1.807) is 0 Å². The minimum atomic E-state index is -0.826. The Kier molecular flexibility index (Phi) is 4.77. The van der Waals surface area contributed by atoms with Gasteiger partial charge in [-0.3, -0.25) is 4.79 Å². The van der Waals surface area contributed by atoms with Gasteiger partial charge in [-0.25, -0.2) is 9.97 Å². The molecule has 21 heavy (non-hydrogen) atoms. The number of carboxylic acids is 1. The number of aliphatic carboxylic acids is 1. The largest absolute Gasteiger partial charge is 0.481 e. The summed E-state index contributed by atoms with van der Waals surface area (Å²) in [6.07, 6.45) is 0. The predicted octanol–water partition coefficient (Wildman–Crippen LogP) is 1.83.